The number of nitrogens with zero attached hydrogens (tertiary/aromatic N) is 1. The molecule has 1 N–H and O–H groups in total. The number of likely N-dealkylation sites (tertiary alicyclic amines) is 1. The highest BCUT2D eigenvalue weighted by molar-refractivity contribution is 6.27. The van der Waals surface area contributed by atoms with Gasteiger partial charge in [0.15, 0.2) is 0 Å². The first-order valence-corrected chi connectivity index (χ1v) is 4.78. The van der Waals surface area contributed by atoms with Crippen LogP contribution in [0.4, 0.5) is 0 Å². The molecular formula is C8H12ClNO3. The average Bonchev–Trinajstić information content (AvgIpc) is 2.16. The molecule has 5 heteroatoms. The minimum absolute atomic E-state index is 0.135. The highest BCUT2D eigenvalue weighted by atomic mass is 35.5. The molecule has 0 spiro atoms. The van der Waals surface area contributed by atoms with E-state index in [0.717, 1.165) is 12.8 Å². The Morgan fingerprint density at radius 3 is 2.69 bits per heavy atom. The van der Waals surface area contributed by atoms with Crippen LogP contribution in [0.5, 0.6) is 0 Å². The highest BCUT2D eigenvalue weighted by Gasteiger charge is 2.31. The Hall–Kier alpha value is -0.770. The second-order valence-electron chi connectivity index (χ2n) is 3.07. The van der Waals surface area contributed by atoms with Gasteiger partial charge in [-0.15, -0.1) is 11.6 Å². The molecule has 1 saturated heterocycles. The lowest BCUT2D eigenvalue weighted by atomic mass is 10.0. The van der Waals surface area contributed by atoms with E-state index < -0.39 is 12.0 Å². The van der Waals surface area contributed by atoms with Gasteiger partial charge in [-0.3, -0.25) is 4.79 Å². The van der Waals surface area contributed by atoms with Gasteiger partial charge in [-0.25, -0.2) is 4.79 Å². The highest BCUT2D eigenvalue weighted by Crippen LogP contribution is 2.17. The average molecular weight is 206 g/mol. The molecule has 13 heavy (non-hydrogen) atoms. The van der Waals surface area contributed by atoms with Crippen molar-refractivity contribution in [3.8, 4) is 0 Å². The maximum atomic E-state index is 11.2. The zero-order valence-electron chi connectivity index (χ0n) is 7.20. The van der Waals surface area contributed by atoms with E-state index in [9.17, 15) is 9.59 Å². The zero-order valence-corrected chi connectivity index (χ0v) is 7.96. The van der Waals surface area contributed by atoms with Crippen molar-refractivity contribution in [1.29, 1.82) is 0 Å². The van der Waals surface area contributed by atoms with Gasteiger partial charge in [0.1, 0.15) is 11.9 Å². The van der Waals surface area contributed by atoms with Crippen LogP contribution >= 0.6 is 11.6 Å². The van der Waals surface area contributed by atoms with E-state index in [1.807, 2.05) is 0 Å². The first kappa shape index (κ1) is 10.3. The largest absolute Gasteiger partial charge is 0.480 e. The van der Waals surface area contributed by atoms with Gasteiger partial charge in [0.25, 0.3) is 0 Å². The molecule has 1 rings (SSSR count). The number of hydrogen-bond acceptors (Lipinski definition) is 2. The minimum Gasteiger partial charge on any atom is -0.480 e. The molecule has 0 bridgehead atoms. The number of alkyl halides is 1. The summed E-state index contributed by atoms with van der Waals surface area (Å²) < 4.78 is 0. The lowest BCUT2D eigenvalue weighted by Gasteiger charge is -2.32. The Kier molecular flexibility index (Phi) is 3.54. The van der Waals surface area contributed by atoms with Crippen LogP contribution in [0.1, 0.15) is 19.3 Å². The number of carboxylic acid groups (broad SMARTS) is 1. The third-order valence-corrected chi connectivity index (χ3v) is 2.45. The summed E-state index contributed by atoms with van der Waals surface area (Å²) in [5.74, 6) is -1.35. The summed E-state index contributed by atoms with van der Waals surface area (Å²) in [4.78, 5) is 23.3. The van der Waals surface area contributed by atoms with Gasteiger partial charge in [0, 0.05) is 6.54 Å². The Morgan fingerprint density at radius 2 is 2.15 bits per heavy atom. The van der Waals surface area contributed by atoms with E-state index >= 15 is 0 Å². The normalized spacial score (nSPS) is 22.8. The van der Waals surface area contributed by atoms with Crippen molar-refractivity contribution in [3.05, 3.63) is 0 Å². The molecule has 1 atom stereocenters. The van der Waals surface area contributed by atoms with Crippen LogP contribution in [0, 0.1) is 0 Å². The van der Waals surface area contributed by atoms with Crippen LogP contribution in [0.25, 0.3) is 0 Å². The summed E-state index contributed by atoms with van der Waals surface area (Å²) in [6.45, 7) is 0.516. The SMILES string of the molecule is O=C(O)C1CCCCN1C(=O)CCl. The maximum Gasteiger partial charge on any atom is 0.326 e. The third kappa shape index (κ3) is 2.34. The predicted molar refractivity (Wildman–Crippen MR) is 47.7 cm³/mol. The molecule has 1 heterocycles. The molecule has 4 nitrogen and oxygen atoms in total. The summed E-state index contributed by atoms with van der Waals surface area (Å²) >= 11 is 5.37. The van der Waals surface area contributed by atoms with Crippen LogP contribution in [0.3, 0.4) is 0 Å². The fraction of sp³-hybridized carbons (Fsp3) is 0.750. The quantitative estimate of drug-likeness (QED) is 0.675. The second-order valence-corrected chi connectivity index (χ2v) is 3.34. The molecular weight excluding hydrogens is 194 g/mol. The van der Waals surface area contributed by atoms with E-state index in [-0.39, 0.29) is 11.8 Å². The van der Waals surface area contributed by atoms with Crippen molar-refractivity contribution in [2.75, 3.05) is 12.4 Å². The monoisotopic (exact) mass is 205 g/mol. The van der Waals surface area contributed by atoms with Gasteiger partial charge >= 0.3 is 5.97 Å². The number of halogens is 1. The molecule has 1 aliphatic heterocycles. The standard InChI is InChI=1S/C8H12ClNO3/c9-5-7(11)10-4-2-1-3-6(10)8(12)13/h6H,1-5H2,(H,12,13). The summed E-state index contributed by atoms with van der Waals surface area (Å²) in [6.07, 6.45) is 2.27. The Labute approximate surface area is 81.5 Å². The van der Waals surface area contributed by atoms with E-state index in [0.29, 0.717) is 13.0 Å². The number of carbonyl (C=O) groups is 2. The molecule has 0 aromatic carbocycles. The fourth-order valence-electron chi connectivity index (χ4n) is 1.56. The first-order valence-electron chi connectivity index (χ1n) is 4.25. The Bertz CT molecular complexity index is 219. The third-order valence-electron chi connectivity index (χ3n) is 2.22. The van der Waals surface area contributed by atoms with Gasteiger partial charge in [-0.2, -0.15) is 0 Å². The number of carbonyl (C=O) groups excluding carboxylic acids is 1. The number of carboxylic acids is 1. The molecule has 0 radical (unpaired) electrons. The Balaban J connectivity index is 2.67. The van der Waals surface area contributed by atoms with Gasteiger partial charge in [-0.05, 0) is 19.3 Å². The van der Waals surface area contributed by atoms with Gasteiger partial charge < -0.3 is 10.0 Å². The van der Waals surface area contributed by atoms with E-state index in [1.165, 1.54) is 4.90 Å². The lowest BCUT2D eigenvalue weighted by Crippen LogP contribution is -2.48. The van der Waals surface area contributed by atoms with E-state index in [1.54, 1.807) is 0 Å². The number of amides is 1. The molecule has 0 aliphatic carbocycles. The molecule has 74 valence electrons. The molecule has 1 unspecified atom stereocenters. The molecule has 1 aliphatic rings. The lowest BCUT2D eigenvalue weighted by molar-refractivity contribution is -0.151. The molecule has 0 aromatic heterocycles. The van der Waals surface area contributed by atoms with Gasteiger partial charge in [-0.1, -0.05) is 0 Å². The number of rotatable bonds is 2. The van der Waals surface area contributed by atoms with Crippen LogP contribution in [0.15, 0.2) is 0 Å². The number of aliphatic carboxylic acids is 1. The van der Waals surface area contributed by atoms with Gasteiger partial charge in [0.2, 0.25) is 5.91 Å². The van der Waals surface area contributed by atoms with Crippen LogP contribution in [-0.2, 0) is 9.59 Å². The summed E-state index contributed by atoms with van der Waals surface area (Å²) in [6, 6.07) is -0.667. The number of piperidine rings is 1. The second kappa shape index (κ2) is 4.46. The number of hydrogen-bond donors (Lipinski definition) is 1. The van der Waals surface area contributed by atoms with Crippen molar-refractivity contribution in [2.24, 2.45) is 0 Å². The van der Waals surface area contributed by atoms with Crippen LogP contribution < -0.4 is 0 Å². The predicted octanol–water partition coefficient (Wildman–Crippen LogP) is 0.691. The minimum atomic E-state index is -0.932. The fourth-order valence-corrected chi connectivity index (χ4v) is 1.72. The molecule has 0 aromatic rings. The smallest absolute Gasteiger partial charge is 0.326 e. The van der Waals surface area contributed by atoms with Crippen molar-refractivity contribution >= 4 is 23.5 Å². The summed E-state index contributed by atoms with van der Waals surface area (Å²) in [7, 11) is 0. The van der Waals surface area contributed by atoms with E-state index in [2.05, 4.69) is 0 Å². The summed E-state index contributed by atoms with van der Waals surface area (Å²) in [5.41, 5.74) is 0. The summed E-state index contributed by atoms with van der Waals surface area (Å²) in [5, 5.41) is 8.82. The van der Waals surface area contributed by atoms with Gasteiger partial charge in [0.05, 0.1) is 0 Å². The van der Waals surface area contributed by atoms with Crippen molar-refractivity contribution in [1.82, 2.24) is 4.90 Å². The van der Waals surface area contributed by atoms with Crippen molar-refractivity contribution < 1.29 is 14.7 Å². The van der Waals surface area contributed by atoms with Crippen molar-refractivity contribution in [3.63, 3.8) is 0 Å². The topological polar surface area (TPSA) is 57.6 Å². The van der Waals surface area contributed by atoms with E-state index in [4.69, 9.17) is 16.7 Å². The zero-order chi connectivity index (χ0) is 9.84. The maximum absolute atomic E-state index is 11.2. The first-order chi connectivity index (χ1) is 6.16. The molecule has 1 fully saturated rings. The Morgan fingerprint density at radius 1 is 1.46 bits per heavy atom. The van der Waals surface area contributed by atoms with Crippen molar-refractivity contribution in [2.45, 2.75) is 25.3 Å². The molecule has 0 saturated carbocycles. The molecule has 1 amide bonds. The van der Waals surface area contributed by atoms with Crippen LogP contribution in [0.2, 0.25) is 0 Å². The van der Waals surface area contributed by atoms with Crippen LogP contribution in [-0.4, -0.2) is 40.3 Å².